The summed E-state index contributed by atoms with van der Waals surface area (Å²) in [5.74, 6) is -1.06. The van der Waals surface area contributed by atoms with Gasteiger partial charge in [-0.25, -0.2) is 8.78 Å². The number of hydrogen-bond donors (Lipinski definition) is 1. The topological polar surface area (TPSA) is 15.3 Å². The number of benzene rings is 1. The first-order valence-corrected chi connectivity index (χ1v) is 6.54. The van der Waals surface area contributed by atoms with Gasteiger partial charge in [0.05, 0.1) is 10.2 Å². The van der Waals surface area contributed by atoms with Crippen molar-refractivity contribution in [2.75, 3.05) is 24.5 Å². The third-order valence-electron chi connectivity index (χ3n) is 3.12. The minimum Gasteiger partial charge on any atom is -0.364 e. The van der Waals surface area contributed by atoms with Crippen molar-refractivity contribution in [1.82, 2.24) is 5.32 Å². The van der Waals surface area contributed by atoms with Crippen molar-refractivity contribution in [3.8, 4) is 0 Å². The van der Waals surface area contributed by atoms with Crippen LogP contribution < -0.4 is 10.2 Å². The van der Waals surface area contributed by atoms with E-state index in [0.717, 1.165) is 32.1 Å². The highest BCUT2D eigenvalue weighted by atomic mass is 79.9. The Morgan fingerprint density at radius 3 is 2.88 bits per heavy atom. The maximum absolute atomic E-state index is 13.8. The summed E-state index contributed by atoms with van der Waals surface area (Å²) in [6.45, 7) is 4.48. The Morgan fingerprint density at radius 2 is 2.18 bits per heavy atom. The Bertz CT molecular complexity index is 412. The molecule has 1 unspecified atom stereocenters. The van der Waals surface area contributed by atoms with Gasteiger partial charge in [0.25, 0.3) is 0 Å². The summed E-state index contributed by atoms with van der Waals surface area (Å²) >= 11 is 3.10. The van der Waals surface area contributed by atoms with Crippen LogP contribution in [0.25, 0.3) is 0 Å². The van der Waals surface area contributed by atoms with Crippen molar-refractivity contribution < 1.29 is 8.78 Å². The van der Waals surface area contributed by atoms with E-state index in [4.69, 9.17) is 0 Å². The fourth-order valence-corrected chi connectivity index (χ4v) is 2.51. The fraction of sp³-hybridized carbons (Fsp3) is 0.500. The van der Waals surface area contributed by atoms with Crippen molar-refractivity contribution >= 4 is 21.6 Å². The van der Waals surface area contributed by atoms with Crippen LogP contribution in [0.3, 0.4) is 0 Å². The largest absolute Gasteiger partial charge is 0.364 e. The minimum absolute atomic E-state index is 0.260. The molecule has 0 radical (unpaired) electrons. The molecule has 0 bridgehead atoms. The van der Waals surface area contributed by atoms with Gasteiger partial charge >= 0.3 is 0 Å². The predicted octanol–water partition coefficient (Wildman–Crippen LogP) is 2.92. The van der Waals surface area contributed by atoms with E-state index in [1.807, 2.05) is 4.90 Å². The van der Waals surface area contributed by atoms with E-state index in [0.29, 0.717) is 10.2 Å². The van der Waals surface area contributed by atoms with E-state index in [2.05, 4.69) is 28.2 Å². The zero-order valence-corrected chi connectivity index (χ0v) is 11.2. The molecule has 1 fully saturated rings. The lowest BCUT2D eigenvalue weighted by atomic mass is 10.1. The molecule has 1 aromatic carbocycles. The van der Waals surface area contributed by atoms with Crippen LogP contribution in [0.1, 0.15) is 13.3 Å². The standard InChI is InChI=1S/C12H15BrF2N2/c1-2-8-7-16-3-4-17(8)12-5-9(13)10(14)6-11(12)15/h5-6,8,16H,2-4,7H2,1H3. The molecule has 1 atom stereocenters. The van der Waals surface area contributed by atoms with Crippen molar-refractivity contribution in [2.24, 2.45) is 0 Å². The quantitative estimate of drug-likeness (QED) is 0.845. The first-order valence-electron chi connectivity index (χ1n) is 5.75. The molecule has 1 aliphatic heterocycles. The number of piperazine rings is 1. The fourth-order valence-electron chi connectivity index (χ4n) is 2.17. The van der Waals surface area contributed by atoms with E-state index in [-0.39, 0.29) is 6.04 Å². The summed E-state index contributed by atoms with van der Waals surface area (Å²) in [6, 6.07) is 2.72. The second-order valence-electron chi connectivity index (χ2n) is 4.18. The van der Waals surface area contributed by atoms with Crippen LogP contribution in [0, 0.1) is 11.6 Å². The molecule has 94 valence electrons. The van der Waals surface area contributed by atoms with Gasteiger partial charge in [0.1, 0.15) is 11.6 Å². The van der Waals surface area contributed by atoms with Crippen molar-refractivity contribution in [3.05, 3.63) is 28.2 Å². The van der Waals surface area contributed by atoms with Gasteiger partial charge < -0.3 is 10.2 Å². The van der Waals surface area contributed by atoms with Crippen LogP contribution in [0.2, 0.25) is 0 Å². The van der Waals surface area contributed by atoms with Crippen LogP contribution in [0.4, 0.5) is 14.5 Å². The molecule has 0 saturated carbocycles. The SMILES string of the molecule is CCC1CNCCN1c1cc(Br)c(F)cc1F. The molecule has 1 aliphatic rings. The van der Waals surface area contributed by atoms with E-state index in [1.165, 1.54) is 6.07 Å². The molecule has 0 spiro atoms. The molecule has 1 saturated heterocycles. The second kappa shape index (κ2) is 5.31. The number of rotatable bonds is 2. The predicted molar refractivity (Wildman–Crippen MR) is 68.4 cm³/mol. The maximum atomic E-state index is 13.8. The molecule has 5 heteroatoms. The zero-order valence-electron chi connectivity index (χ0n) is 9.64. The Hall–Kier alpha value is -0.680. The van der Waals surface area contributed by atoms with Crippen LogP contribution in [0.15, 0.2) is 16.6 Å². The Kier molecular flexibility index (Phi) is 3.99. The Balaban J connectivity index is 2.34. The summed E-state index contributed by atoms with van der Waals surface area (Å²) in [5.41, 5.74) is 0.478. The molecule has 1 N–H and O–H groups in total. The van der Waals surface area contributed by atoms with Crippen molar-refractivity contribution in [2.45, 2.75) is 19.4 Å². The van der Waals surface area contributed by atoms with Gasteiger partial charge in [-0.3, -0.25) is 0 Å². The van der Waals surface area contributed by atoms with Crippen LogP contribution >= 0.6 is 15.9 Å². The first kappa shape index (κ1) is 12.8. The molecule has 0 aliphatic carbocycles. The van der Waals surface area contributed by atoms with Gasteiger partial charge in [0, 0.05) is 31.7 Å². The summed E-state index contributed by atoms with van der Waals surface area (Å²) in [5, 5.41) is 3.28. The normalized spacial score (nSPS) is 20.7. The summed E-state index contributed by atoms with van der Waals surface area (Å²) in [7, 11) is 0. The lowest BCUT2D eigenvalue weighted by molar-refractivity contribution is 0.457. The molecule has 2 rings (SSSR count). The molecular formula is C12H15BrF2N2. The number of nitrogens with one attached hydrogen (secondary N) is 1. The zero-order chi connectivity index (χ0) is 12.4. The molecular weight excluding hydrogens is 290 g/mol. The van der Waals surface area contributed by atoms with Crippen LogP contribution in [-0.2, 0) is 0 Å². The second-order valence-corrected chi connectivity index (χ2v) is 5.03. The number of halogens is 3. The maximum Gasteiger partial charge on any atom is 0.149 e. The lowest BCUT2D eigenvalue weighted by Gasteiger charge is -2.37. The molecule has 1 heterocycles. The third-order valence-corrected chi connectivity index (χ3v) is 3.73. The average molecular weight is 305 g/mol. The smallest absolute Gasteiger partial charge is 0.149 e. The third kappa shape index (κ3) is 2.60. The van der Waals surface area contributed by atoms with Gasteiger partial charge in [-0.1, -0.05) is 6.92 Å². The van der Waals surface area contributed by atoms with Crippen LogP contribution in [-0.4, -0.2) is 25.7 Å². The number of hydrogen-bond acceptors (Lipinski definition) is 2. The van der Waals surface area contributed by atoms with Crippen molar-refractivity contribution in [3.63, 3.8) is 0 Å². The number of nitrogens with zero attached hydrogens (tertiary/aromatic N) is 1. The minimum atomic E-state index is -0.561. The molecule has 0 aromatic heterocycles. The average Bonchev–Trinajstić information content (AvgIpc) is 2.34. The highest BCUT2D eigenvalue weighted by molar-refractivity contribution is 9.10. The lowest BCUT2D eigenvalue weighted by Crippen LogP contribution is -2.51. The van der Waals surface area contributed by atoms with E-state index >= 15 is 0 Å². The van der Waals surface area contributed by atoms with Gasteiger partial charge in [-0.2, -0.15) is 0 Å². The van der Waals surface area contributed by atoms with E-state index in [9.17, 15) is 8.78 Å². The molecule has 17 heavy (non-hydrogen) atoms. The van der Waals surface area contributed by atoms with E-state index in [1.54, 1.807) is 0 Å². The summed E-state index contributed by atoms with van der Waals surface area (Å²) in [4.78, 5) is 2.01. The van der Waals surface area contributed by atoms with Crippen LogP contribution in [0.5, 0.6) is 0 Å². The monoisotopic (exact) mass is 304 g/mol. The molecule has 1 aromatic rings. The van der Waals surface area contributed by atoms with E-state index < -0.39 is 11.6 Å². The van der Waals surface area contributed by atoms with Crippen molar-refractivity contribution in [1.29, 1.82) is 0 Å². The Labute approximate surface area is 108 Å². The summed E-state index contributed by atoms with van der Waals surface area (Å²) < 4.78 is 27.3. The first-order chi connectivity index (χ1) is 8.13. The van der Waals surface area contributed by atoms with Gasteiger partial charge in [0.15, 0.2) is 0 Å². The van der Waals surface area contributed by atoms with Gasteiger partial charge in [-0.15, -0.1) is 0 Å². The highest BCUT2D eigenvalue weighted by Crippen LogP contribution is 2.29. The van der Waals surface area contributed by atoms with Gasteiger partial charge in [-0.05, 0) is 28.4 Å². The Morgan fingerprint density at radius 1 is 1.41 bits per heavy atom. The van der Waals surface area contributed by atoms with Gasteiger partial charge in [0.2, 0.25) is 0 Å². The summed E-state index contributed by atoms with van der Waals surface area (Å²) in [6.07, 6.45) is 0.932. The highest BCUT2D eigenvalue weighted by Gasteiger charge is 2.24. The number of anilines is 1. The molecule has 0 amide bonds. The molecule has 2 nitrogen and oxygen atoms in total.